The van der Waals surface area contributed by atoms with Gasteiger partial charge in [0.1, 0.15) is 6.61 Å². The Labute approximate surface area is 172 Å². The molecule has 0 spiro atoms. The SMILES string of the molecule is COc1ccc(NC(=O)CCn2c(C)c(C)sc2=O)cc1OCc1cccnc1. The number of benzene rings is 1. The van der Waals surface area contributed by atoms with Crippen molar-refractivity contribution in [2.24, 2.45) is 0 Å². The molecule has 2 heterocycles. The van der Waals surface area contributed by atoms with Gasteiger partial charge < -0.3 is 19.4 Å². The van der Waals surface area contributed by atoms with Crippen LogP contribution in [0.4, 0.5) is 5.69 Å². The number of hydrogen-bond acceptors (Lipinski definition) is 6. The summed E-state index contributed by atoms with van der Waals surface area (Å²) in [5, 5.41) is 2.85. The molecule has 0 bridgehead atoms. The monoisotopic (exact) mass is 413 g/mol. The summed E-state index contributed by atoms with van der Waals surface area (Å²) in [5.74, 6) is 0.918. The Bertz CT molecular complexity index is 1040. The number of carbonyl (C=O) groups is 1. The van der Waals surface area contributed by atoms with Gasteiger partial charge in [0.15, 0.2) is 11.5 Å². The van der Waals surface area contributed by atoms with Gasteiger partial charge in [-0.15, -0.1) is 0 Å². The van der Waals surface area contributed by atoms with Crippen molar-refractivity contribution in [2.75, 3.05) is 12.4 Å². The molecule has 0 fully saturated rings. The first-order chi connectivity index (χ1) is 14.0. The van der Waals surface area contributed by atoms with E-state index in [0.29, 0.717) is 30.3 Å². The first-order valence-corrected chi connectivity index (χ1v) is 9.96. The highest BCUT2D eigenvalue weighted by molar-refractivity contribution is 7.09. The maximum atomic E-state index is 12.4. The molecule has 3 aromatic rings. The smallest absolute Gasteiger partial charge is 0.307 e. The second-order valence-electron chi connectivity index (χ2n) is 6.47. The number of amides is 1. The number of methoxy groups -OCH3 is 1. The van der Waals surface area contributed by atoms with Gasteiger partial charge in [0.2, 0.25) is 5.91 Å². The minimum absolute atomic E-state index is 0.0386. The number of rotatable bonds is 8. The number of hydrogen-bond donors (Lipinski definition) is 1. The molecule has 2 aromatic heterocycles. The molecule has 0 radical (unpaired) electrons. The minimum Gasteiger partial charge on any atom is -0.493 e. The highest BCUT2D eigenvalue weighted by Gasteiger charge is 2.12. The highest BCUT2D eigenvalue weighted by atomic mass is 32.1. The van der Waals surface area contributed by atoms with Gasteiger partial charge in [-0.05, 0) is 32.0 Å². The van der Waals surface area contributed by atoms with Gasteiger partial charge >= 0.3 is 4.87 Å². The Hall–Kier alpha value is -3.13. The zero-order valence-corrected chi connectivity index (χ0v) is 17.4. The molecule has 3 rings (SSSR count). The lowest BCUT2D eigenvalue weighted by atomic mass is 10.2. The first-order valence-electron chi connectivity index (χ1n) is 9.14. The summed E-state index contributed by atoms with van der Waals surface area (Å²) in [4.78, 5) is 29.3. The number of pyridine rings is 1. The van der Waals surface area contributed by atoms with Gasteiger partial charge in [0.25, 0.3) is 0 Å². The summed E-state index contributed by atoms with van der Waals surface area (Å²) >= 11 is 1.20. The van der Waals surface area contributed by atoms with E-state index in [4.69, 9.17) is 9.47 Å². The third-order valence-corrected chi connectivity index (χ3v) is 5.50. The van der Waals surface area contributed by atoms with E-state index in [1.807, 2.05) is 26.0 Å². The molecule has 1 aromatic carbocycles. The van der Waals surface area contributed by atoms with E-state index in [1.54, 1.807) is 42.3 Å². The average Bonchev–Trinajstić information content (AvgIpc) is 2.97. The van der Waals surface area contributed by atoms with Crippen LogP contribution in [0.25, 0.3) is 0 Å². The van der Waals surface area contributed by atoms with Crippen molar-refractivity contribution >= 4 is 22.9 Å². The zero-order chi connectivity index (χ0) is 20.8. The van der Waals surface area contributed by atoms with Gasteiger partial charge in [-0.1, -0.05) is 17.4 Å². The number of aryl methyl sites for hydroxylation is 1. The predicted molar refractivity (Wildman–Crippen MR) is 113 cm³/mol. The third-order valence-electron chi connectivity index (χ3n) is 4.50. The molecule has 152 valence electrons. The molecule has 0 atom stereocenters. The predicted octanol–water partition coefficient (Wildman–Crippen LogP) is 3.54. The van der Waals surface area contributed by atoms with E-state index in [1.165, 1.54) is 11.3 Å². The fourth-order valence-corrected chi connectivity index (χ4v) is 3.65. The summed E-state index contributed by atoms with van der Waals surface area (Å²) < 4.78 is 12.8. The molecule has 0 saturated carbocycles. The molecule has 0 aliphatic heterocycles. The molecule has 1 amide bonds. The Balaban J connectivity index is 1.64. The lowest BCUT2D eigenvalue weighted by Crippen LogP contribution is -2.20. The molecular weight excluding hydrogens is 390 g/mol. The lowest BCUT2D eigenvalue weighted by molar-refractivity contribution is -0.116. The fraction of sp³-hybridized carbons (Fsp3) is 0.286. The average molecular weight is 413 g/mol. The summed E-state index contributed by atoms with van der Waals surface area (Å²) in [5.41, 5.74) is 2.43. The van der Waals surface area contributed by atoms with Crippen LogP contribution < -0.4 is 19.7 Å². The number of nitrogens with one attached hydrogen (secondary N) is 1. The molecule has 8 heteroatoms. The van der Waals surface area contributed by atoms with E-state index < -0.39 is 0 Å². The van der Waals surface area contributed by atoms with Crippen molar-refractivity contribution in [3.05, 3.63) is 68.5 Å². The number of anilines is 1. The summed E-state index contributed by atoms with van der Waals surface area (Å²) in [7, 11) is 1.56. The summed E-state index contributed by atoms with van der Waals surface area (Å²) in [6, 6.07) is 8.97. The van der Waals surface area contributed by atoms with Crippen molar-refractivity contribution < 1.29 is 14.3 Å². The normalized spacial score (nSPS) is 10.6. The largest absolute Gasteiger partial charge is 0.493 e. The second-order valence-corrected chi connectivity index (χ2v) is 7.64. The number of aromatic nitrogens is 2. The van der Waals surface area contributed by atoms with Crippen LogP contribution in [-0.4, -0.2) is 22.6 Å². The Morgan fingerprint density at radius 2 is 2.07 bits per heavy atom. The summed E-state index contributed by atoms with van der Waals surface area (Å²) in [6.07, 6.45) is 3.64. The Morgan fingerprint density at radius 1 is 1.24 bits per heavy atom. The highest BCUT2D eigenvalue weighted by Crippen LogP contribution is 2.31. The van der Waals surface area contributed by atoms with Crippen molar-refractivity contribution in [3.63, 3.8) is 0 Å². The number of thiazole rings is 1. The van der Waals surface area contributed by atoms with Crippen molar-refractivity contribution in [2.45, 2.75) is 33.4 Å². The molecule has 29 heavy (non-hydrogen) atoms. The number of carbonyl (C=O) groups excluding carboxylic acids is 1. The van der Waals surface area contributed by atoms with Gasteiger partial charge in [-0.2, -0.15) is 0 Å². The molecule has 0 aliphatic rings. The Kier molecular flexibility index (Phi) is 6.66. The van der Waals surface area contributed by atoms with E-state index >= 15 is 0 Å². The van der Waals surface area contributed by atoms with E-state index in [-0.39, 0.29) is 17.2 Å². The van der Waals surface area contributed by atoms with Crippen molar-refractivity contribution in [3.8, 4) is 11.5 Å². The van der Waals surface area contributed by atoms with Crippen LogP contribution in [0.15, 0.2) is 47.5 Å². The van der Waals surface area contributed by atoms with Gasteiger partial charge in [0, 0.05) is 53.2 Å². The quantitative estimate of drug-likeness (QED) is 0.611. The fourth-order valence-electron chi connectivity index (χ4n) is 2.79. The van der Waals surface area contributed by atoms with E-state index in [0.717, 1.165) is 16.1 Å². The van der Waals surface area contributed by atoms with Crippen molar-refractivity contribution in [1.29, 1.82) is 0 Å². The van der Waals surface area contributed by atoms with Crippen LogP contribution in [0.5, 0.6) is 11.5 Å². The van der Waals surface area contributed by atoms with Crippen LogP contribution in [-0.2, 0) is 17.9 Å². The molecule has 0 aliphatic carbocycles. The molecule has 1 N–H and O–H groups in total. The van der Waals surface area contributed by atoms with Crippen LogP contribution in [0.2, 0.25) is 0 Å². The third kappa shape index (κ3) is 5.23. The van der Waals surface area contributed by atoms with E-state index in [2.05, 4.69) is 10.3 Å². The molecule has 7 nitrogen and oxygen atoms in total. The first kappa shape index (κ1) is 20.6. The van der Waals surface area contributed by atoms with Crippen LogP contribution in [0.1, 0.15) is 22.6 Å². The lowest BCUT2D eigenvalue weighted by Gasteiger charge is -2.13. The summed E-state index contributed by atoms with van der Waals surface area (Å²) in [6.45, 7) is 4.48. The number of ether oxygens (including phenoxy) is 2. The molecular formula is C21H23N3O4S. The minimum atomic E-state index is -0.177. The van der Waals surface area contributed by atoms with Gasteiger partial charge in [-0.25, -0.2) is 0 Å². The number of nitrogens with zero attached hydrogens (tertiary/aromatic N) is 2. The van der Waals surface area contributed by atoms with Crippen LogP contribution in [0.3, 0.4) is 0 Å². The standard InChI is InChI=1S/C21H23N3O4S/c1-14-15(2)29-21(26)24(14)10-8-20(25)23-17-6-7-18(27-3)19(11-17)28-13-16-5-4-9-22-12-16/h4-7,9,11-12H,8,10,13H2,1-3H3,(H,23,25). The van der Waals surface area contributed by atoms with Gasteiger partial charge in [0.05, 0.1) is 7.11 Å². The van der Waals surface area contributed by atoms with E-state index in [9.17, 15) is 9.59 Å². The zero-order valence-electron chi connectivity index (χ0n) is 16.6. The molecule has 0 saturated heterocycles. The van der Waals surface area contributed by atoms with Crippen LogP contribution in [0, 0.1) is 13.8 Å². The molecule has 0 unspecified atom stereocenters. The Morgan fingerprint density at radius 3 is 2.72 bits per heavy atom. The van der Waals surface area contributed by atoms with Gasteiger partial charge in [-0.3, -0.25) is 14.6 Å². The maximum absolute atomic E-state index is 12.4. The van der Waals surface area contributed by atoms with Crippen LogP contribution >= 0.6 is 11.3 Å². The topological polar surface area (TPSA) is 82.5 Å². The van der Waals surface area contributed by atoms with Crippen molar-refractivity contribution in [1.82, 2.24) is 9.55 Å². The maximum Gasteiger partial charge on any atom is 0.307 e. The second kappa shape index (κ2) is 9.38.